The summed E-state index contributed by atoms with van der Waals surface area (Å²) in [7, 11) is 2.42. The Morgan fingerprint density at radius 1 is 1.40 bits per heavy atom. The largest absolute Gasteiger partial charge is 0.469 e. The number of carbonyl (C=O) groups is 2. The average molecular weight is 281 g/mol. The summed E-state index contributed by atoms with van der Waals surface area (Å²) in [4.78, 5) is 35.3. The van der Waals surface area contributed by atoms with Gasteiger partial charge in [0.2, 0.25) is 0 Å². The van der Waals surface area contributed by atoms with Crippen LogP contribution in [0.4, 0.5) is 0 Å². The molecule has 7 heteroatoms. The van der Waals surface area contributed by atoms with Crippen molar-refractivity contribution in [3.05, 3.63) is 33.2 Å². The molecule has 0 saturated heterocycles. The van der Waals surface area contributed by atoms with Crippen molar-refractivity contribution < 1.29 is 24.2 Å². The summed E-state index contributed by atoms with van der Waals surface area (Å²) in [6.45, 7) is 0.331. The monoisotopic (exact) mass is 281 g/mol. The second-order valence-electron chi connectivity index (χ2n) is 4.47. The van der Waals surface area contributed by atoms with Crippen molar-refractivity contribution in [1.29, 1.82) is 0 Å². The van der Waals surface area contributed by atoms with Crippen molar-refractivity contribution in [2.24, 2.45) is 0 Å². The van der Waals surface area contributed by atoms with Crippen LogP contribution in [0, 0.1) is 0 Å². The third-order valence-corrected chi connectivity index (χ3v) is 3.33. The van der Waals surface area contributed by atoms with Crippen molar-refractivity contribution >= 4 is 11.9 Å². The van der Waals surface area contributed by atoms with Gasteiger partial charge in [0.05, 0.1) is 38.0 Å². The summed E-state index contributed by atoms with van der Waals surface area (Å²) in [6.07, 6.45) is -0.799. The van der Waals surface area contributed by atoms with Crippen molar-refractivity contribution in [3.8, 4) is 0 Å². The number of aliphatic hydroxyl groups is 1. The van der Waals surface area contributed by atoms with Crippen molar-refractivity contribution in [3.63, 3.8) is 0 Å². The molecule has 1 unspecified atom stereocenters. The Morgan fingerprint density at radius 2 is 2.10 bits per heavy atom. The van der Waals surface area contributed by atoms with Gasteiger partial charge in [-0.25, -0.2) is 4.79 Å². The first-order chi connectivity index (χ1) is 9.49. The van der Waals surface area contributed by atoms with Crippen LogP contribution in [0.2, 0.25) is 0 Å². The van der Waals surface area contributed by atoms with Gasteiger partial charge >= 0.3 is 11.9 Å². The van der Waals surface area contributed by atoms with E-state index in [1.54, 1.807) is 0 Å². The van der Waals surface area contributed by atoms with Crippen molar-refractivity contribution in [2.75, 3.05) is 14.2 Å². The highest BCUT2D eigenvalue weighted by atomic mass is 16.5. The zero-order chi connectivity index (χ0) is 14.9. The van der Waals surface area contributed by atoms with E-state index in [2.05, 4.69) is 9.47 Å². The zero-order valence-electron chi connectivity index (χ0n) is 11.2. The van der Waals surface area contributed by atoms with Gasteiger partial charge in [0, 0.05) is 12.6 Å². The van der Waals surface area contributed by atoms with Gasteiger partial charge in [-0.3, -0.25) is 9.59 Å². The number of hydrogen-bond acceptors (Lipinski definition) is 6. The number of esters is 2. The fourth-order valence-corrected chi connectivity index (χ4v) is 2.39. The van der Waals surface area contributed by atoms with Crippen molar-refractivity contribution in [2.45, 2.75) is 25.5 Å². The Hall–Kier alpha value is -2.15. The van der Waals surface area contributed by atoms with Gasteiger partial charge in [-0.1, -0.05) is 0 Å². The van der Waals surface area contributed by atoms with Crippen LogP contribution < -0.4 is 5.56 Å². The van der Waals surface area contributed by atoms with Crippen LogP contribution in [0.1, 0.15) is 34.1 Å². The molecule has 0 saturated carbocycles. The first-order valence-electron chi connectivity index (χ1n) is 6.09. The average Bonchev–Trinajstić information content (AvgIpc) is 2.81. The van der Waals surface area contributed by atoms with Crippen LogP contribution in [0.15, 0.2) is 10.9 Å². The smallest absolute Gasteiger partial charge is 0.340 e. The number of hydrogen-bond donors (Lipinski definition) is 1. The predicted octanol–water partition coefficient (Wildman–Crippen LogP) is -0.213. The fraction of sp³-hybridized carbons (Fsp3) is 0.462. The number of ether oxygens (including phenoxy) is 2. The molecule has 1 aromatic rings. The minimum Gasteiger partial charge on any atom is -0.469 e. The van der Waals surface area contributed by atoms with E-state index in [-0.39, 0.29) is 28.8 Å². The molecule has 108 valence electrons. The van der Waals surface area contributed by atoms with Gasteiger partial charge in [-0.2, -0.15) is 0 Å². The predicted molar refractivity (Wildman–Crippen MR) is 67.3 cm³/mol. The lowest BCUT2D eigenvalue weighted by Gasteiger charge is -2.14. The van der Waals surface area contributed by atoms with Gasteiger partial charge in [-0.05, 0) is 12.0 Å². The molecule has 1 aromatic heterocycles. The third kappa shape index (κ3) is 2.32. The Bertz CT molecular complexity index is 618. The molecule has 7 nitrogen and oxygen atoms in total. The van der Waals surface area contributed by atoms with Crippen LogP contribution in [0.25, 0.3) is 0 Å². The number of carbonyl (C=O) groups excluding carboxylic acids is 2. The minimum absolute atomic E-state index is 0.0718. The second-order valence-corrected chi connectivity index (χ2v) is 4.47. The van der Waals surface area contributed by atoms with E-state index in [4.69, 9.17) is 0 Å². The SMILES string of the molecule is COC(=O)Cc1cc(=O)n2c(c1C(=O)OC)C(O)CC2. The Balaban J connectivity index is 2.65. The van der Waals surface area contributed by atoms with Crippen LogP contribution in [0.3, 0.4) is 0 Å². The molecule has 0 bridgehead atoms. The van der Waals surface area contributed by atoms with E-state index in [1.165, 1.54) is 24.9 Å². The van der Waals surface area contributed by atoms with Gasteiger partial charge in [-0.15, -0.1) is 0 Å². The molecular formula is C13H15NO6. The van der Waals surface area contributed by atoms with Gasteiger partial charge < -0.3 is 19.1 Å². The standard InChI is InChI=1S/C13H15NO6/c1-19-10(17)6-7-5-9(16)14-4-3-8(15)12(14)11(7)13(18)20-2/h5,8,15H,3-4,6H2,1-2H3. The fourth-order valence-electron chi connectivity index (χ4n) is 2.39. The number of pyridine rings is 1. The van der Waals surface area contributed by atoms with Crippen LogP contribution in [-0.4, -0.2) is 35.8 Å². The molecule has 1 aliphatic heterocycles. The molecule has 0 spiro atoms. The number of fused-ring (bicyclic) bond motifs is 1. The second kappa shape index (κ2) is 5.46. The minimum atomic E-state index is -0.922. The molecule has 0 amide bonds. The van der Waals surface area contributed by atoms with Crippen LogP contribution in [0.5, 0.6) is 0 Å². The number of rotatable bonds is 3. The lowest BCUT2D eigenvalue weighted by molar-refractivity contribution is -0.139. The first-order valence-corrected chi connectivity index (χ1v) is 6.09. The number of methoxy groups -OCH3 is 2. The molecule has 1 aliphatic rings. The Morgan fingerprint density at radius 3 is 2.70 bits per heavy atom. The maximum absolute atomic E-state index is 12.0. The van der Waals surface area contributed by atoms with E-state index in [0.717, 1.165) is 0 Å². The molecule has 0 radical (unpaired) electrons. The summed E-state index contributed by atoms with van der Waals surface area (Å²) in [5.74, 6) is -1.26. The zero-order valence-corrected chi connectivity index (χ0v) is 11.2. The number of nitrogens with zero attached hydrogens (tertiary/aromatic N) is 1. The number of aliphatic hydroxyl groups excluding tert-OH is 1. The van der Waals surface area contributed by atoms with E-state index in [1.807, 2.05) is 0 Å². The maximum Gasteiger partial charge on any atom is 0.340 e. The quantitative estimate of drug-likeness (QED) is 0.770. The summed E-state index contributed by atoms with van der Waals surface area (Å²) in [6, 6.07) is 1.21. The lowest BCUT2D eigenvalue weighted by Crippen LogP contribution is -2.26. The van der Waals surface area contributed by atoms with Crippen LogP contribution in [-0.2, 0) is 27.2 Å². The van der Waals surface area contributed by atoms with Gasteiger partial charge in [0.15, 0.2) is 0 Å². The molecule has 0 aliphatic carbocycles. The van der Waals surface area contributed by atoms with Gasteiger partial charge in [0.25, 0.3) is 5.56 Å². The highest BCUT2D eigenvalue weighted by Gasteiger charge is 2.31. The summed E-state index contributed by atoms with van der Waals surface area (Å²) < 4.78 is 10.6. The highest BCUT2D eigenvalue weighted by molar-refractivity contribution is 5.94. The summed E-state index contributed by atoms with van der Waals surface area (Å²) >= 11 is 0. The Kier molecular flexibility index (Phi) is 3.89. The first kappa shape index (κ1) is 14.3. The molecular weight excluding hydrogens is 266 g/mol. The highest BCUT2D eigenvalue weighted by Crippen LogP contribution is 2.29. The molecule has 0 aromatic carbocycles. The van der Waals surface area contributed by atoms with Crippen LogP contribution >= 0.6 is 0 Å². The van der Waals surface area contributed by atoms with Gasteiger partial charge in [0.1, 0.15) is 0 Å². The lowest BCUT2D eigenvalue weighted by atomic mass is 10.0. The molecule has 1 N–H and O–H groups in total. The molecule has 2 heterocycles. The molecule has 2 rings (SSSR count). The third-order valence-electron chi connectivity index (χ3n) is 3.33. The van der Waals surface area contributed by atoms with Crippen molar-refractivity contribution in [1.82, 2.24) is 4.57 Å². The van der Waals surface area contributed by atoms with E-state index in [9.17, 15) is 19.5 Å². The topological polar surface area (TPSA) is 94.8 Å². The Labute approximate surface area is 114 Å². The normalized spacial score (nSPS) is 16.6. The van der Waals surface area contributed by atoms with E-state index >= 15 is 0 Å². The molecule has 20 heavy (non-hydrogen) atoms. The number of aromatic nitrogens is 1. The maximum atomic E-state index is 12.0. The molecule has 1 atom stereocenters. The van der Waals surface area contributed by atoms with E-state index < -0.39 is 18.0 Å². The van der Waals surface area contributed by atoms with E-state index in [0.29, 0.717) is 13.0 Å². The summed E-state index contributed by atoms with van der Waals surface area (Å²) in [5, 5.41) is 9.96. The summed E-state index contributed by atoms with van der Waals surface area (Å²) in [5.41, 5.74) is 0.134. The molecule has 0 fully saturated rings.